The quantitative estimate of drug-likeness (QED) is 0.612. The Balaban J connectivity index is 1.59. The van der Waals surface area contributed by atoms with E-state index in [9.17, 15) is 9.59 Å². The van der Waals surface area contributed by atoms with E-state index in [-0.39, 0.29) is 11.8 Å². The van der Waals surface area contributed by atoms with E-state index >= 15 is 0 Å². The molecule has 2 aromatic carbocycles. The lowest BCUT2D eigenvalue weighted by Crippen LogP contribution is -2.20. The minimum atomic E-state index is -0.222. The molecule has 26 heavy (non-hydrogen) atoms. The molecule has 4 rings (SSSR count). The van der Waals surface area contributed by atoms with Crippen LogP contribution in [-0.2, 0) is 11.2 Å². The Morgan fingerprint density at radius 2 is 2.00 bits per heavy atom. The molecule has 0 radical (unpaired) electrons. The van der Waals surface area contributed by atoms with Crippen LogP contribution in [0.15, 0.2) is 53.9 Å². The number of carbonyl (C=O) groups excluding carboxylic acids is 2. The number of nitrogen functional groups attached to an aromatic ring is 1. The fourth-order valence-electron chi connectivity index (χ4n) is 2.98. The van der Waals surface area contributed by atoms with Gasteiger partial charge in [0.25, 0.3) is 5.91 Å². The molecule has 1 aliphatic rings. The van der Waals surface area contributed by atoms with Gasteiger partial charge in [0.05, 0.1) is 11.4 Å². The van der Waals surface area contributed by atoms with Gasteiger partial charge in [-0.05, 0) is 59.3 Å². The molecular weight excluding hydrogens is 346 g/mol. The van der Waals surface area contributed by atoms with Gasteiger partial charge < -0.3 is 16.4 Å². The van der Waals surface area contributed by atoms with Gasteiger partial charge in [0.15, 0.2) is 0 Å². The normalized spacial score (nSPS) is 13.0. The van der Waals surface area contributed by atoms with Crippen molar-refractivity contribution in [3.8, 4) is 10.4 Å². The molecule has 0 atom stereocenters. The Bertz CT molecular complexity index is 996. The SMILES string of the molecule is Nc1ccc(-c2cccs2)cc1NC(=O)c1ccc2c(c1)CCC(=O)N2. The van der Waals surface area contributed by atoms with Gasteiger partial charge in [-0.2, -0.15) is 0 Å². The third-order valence-electron chi connectivity index (χ3n) is 4.37. The van der Waals surface area contributed by atoms with Crippen molar-refractivity contribution in [2.75, 3.05) is 16.4 Å². The fraction of sp³-hybridized carbons (Fsp3) is 0.100. The average Bonchev–Trinajstić information content (AvgIpc) is 3.17. The van der Waals surface area contributed by atoms with Gasteiger partial charge in [0.2, 0.25) is 5.91 Å². The maximum absolute atomic E-state index is 12.7. The second kappa shape index (κ2) is 6.65. The van der Waals surface area contributed by atoms with E-state index in [4.69, 9.17) is 5.73 Å². The van der Waals surface area contributed by atoms with Crippen molar-refractivity contribution in [3.05, 3.63) is 65.0 Å². The number of nitrogens with one attached hydrogen (secondary N) is 2. The number of benzene rings is 2. The summed E-state index contributed by atoms with van der Waals surface area (Å²) in [5, 5.41) is 7.73. The van der Waals surface area contributed by atoms with Crippen molar-refractivity contribution in [2.24, 2.45) is 0 Å². The van der Waals surface area contributed by atoms with Crippen LogP contribution in [0.5, 0.6) is 0 Å². The van der Waals surface area contributed by atoms with E-state index in [1.165, 1.54) is 0 Å². The second-order valence-corrected chi connectivity index (χ2v) is 7.10. The molecule has 0 spiro atoms. The van der Waals surface area contributed by atoms with Gasteiger partial charge in [0.1, 0.15) is 0 Å². The molecule has 0 unspecified atom stereocenters. The molecule has 4 N–H and O–H groups in total. The van der Waals surface area contributed by atoms with E-state index < -0.39 is 0 Å². The summed E-state index contributed by atoms with van der Waals surface area (Å²) in [4.78, 5) is 25.2. The highest BCUT2D eigenvalue weighted by Gasteiger charge is 2.17. The molecule has 0 bridgehead atoms. The predicted octanol–water partition coefficient (Wildman–Crippen LogP) is 4.13. The molecule has 3 aromatic rings. The second-order valence-electron chi connectivity index (χ2n) is 6.15. The Hall–Kier alpha value is -3.12. The van der Waals surface area contributed by atoms with Crippen LogP contribution in [0.25, 0.3) is 10.4 Å². The number of nitrogens with two attached hydrogens (primary N) is 1. The number of anilines is 3. The summed E-state index contributed by atoms with van der Waals surface area (Å²) in [6.45, 7) is 0. The summed E-state index contributed by atoms with van der Waals surface area (Å²) in [6, 6.07) is 14.9. The maximum Gasteiger partial charge on any atom is 0.255 e. The van der Waals surface area contributed by atoms with E-state index in [0.29, 0.717) is 29.8 Å². The molecule has 5 nitrogen and oxygen atoms in total. The number of hydrogen-bond acceptors (Lipinski definition) is 4. The number of carbonyl (C=O) groups is 2. The highest BCUT2D eigenvalue weighted by atomic mass is 32.1. The number of amides is 2. The maximum atomic E-state index is 12.7. The Morgan fingerprint density at radius 3 is 2.81 bits per heavy atom. The zero-order valence-corrected chi connectivity index (χ0v) is 14.7. The van der Waals surface area contributed by atoms with Crippen LogP contribution in [0, 0.1) is 0 Å². The molecule has 6 heteroatoms. The monoisotopic (exact) mass is 363 g/mol. The zero-order valence-electron chi connectivity index (χ0n) is 13.9. The van der Waals surface area contributed by atoms with Crippen LogP contribution >= 0.6 is 11.3 Å². The van der Waals surface area contributed by atoms with Gasteiger partial charge >= 0.3 is 0 Å². The van der Waals surface area contributed by atoms with Gasteiger partial charge in [-0.1, -0.05) is 12.1 Å². The van der Waals surface area contributed by atoms with E-state index in [1.807, 2.05) is 35.7 Å². The highest BCUT2D eigenvalue weighted by Crippen LogP contribution is 2.31. The molecular formula is C20H17N3O2S. The van der Waals surface area contributed by atoms with Gasteiger partial charge in [-0.3, -0.25) is 9.59 Å². The van der Waals surface area contributed by atoms with Crippen LogP contribution < -0.4 is 16.4 Å². The lowest BCUT2D eigenvalue weighted by molar-refractivity contribution is -0.116. The fourth-order valence-corrected chi connectivity index (χ4v) is 3.70. The largest absolute Gasteiger partial charge is 0.397 e. The first-order valence-electron chi connectivity index (χ1n) is 8.28. The molecule has 1 aromatic heterocycles. The molecule has 1 aliphatic heterocycles. The van der Waals surface area contributed by atoms with Crippen molar-refractivity contribution >= 4 is 40.2 Å². The third kappa shape index (κ3) is 3.19. The van der Waals surface area contributed by atoms with Crippen LogP contribution in [0.3, 0.4) is 0 Å². The average molecular weight is 363 g/mol. The van der Waals surface area contributed by atoms with Crippen LogP contribution in [0.4, 0.5) is 17.1 Å². The van der Waals surface area contributed by atoms with Crippen molar-refractivity contribution in [1.29, 1.82) is 0 Å². The Morgan fingerprint density at radius 1 is 1.12 bits per heavy atom. The van der Waals surface area contributed by atoms with Gasteiger partial charge in [0, 0.05) is 22.5 Å². The van der Waals surface area contributed by atoms with Crippen molar-refractivity contribution in [2.45, 2.75) is 12.8 Å². The van der Waals surface area contributed by atoms with Crippen LogP contribution in [0.1, 0.15) is 22.3 Å². The molecule has 2 heterocycles. The summed E-state index contributed by atoms with van der Waals surface area (Å²) in [6.07, 6.45) is 1.08. The number of fused-ring (bicyclic) bond motifs is 1. The van der Waals surface area contributed by atoms with Crippen LogP contribution in [0.2, 0.25) is 0 Å². The summed E-state index contributed by atoms with van der Waals surface area (Å²) in [5.41, 5.74) is 10.4. The van der Waals surface area contributed by atoms with Crippen molar-refractivity contribution in [1.82, 2.24) is 0 Å². The first-order valence-corrected chi connectivity index (χ1v) is 9.15. The van der Waals surface area contributed by atoms with Gasteiger partial charge in [-0.25, -0.2) is 0 Å². The van der Waals surface area contributed by atoms with E-state index in [0.717, 1.165) is 21.7 Å². The Labute approximate surface area is 154 Å². The molecule has 0 saturated carbocycles. The summed E-state index contributed by atoms with van der Waals surface area (Å²) in [7, 11) is 0. The highest BCUT2D eigenvalue weighted by molar-refractivity contribution is 7.13. The number of aryl methyl sites for hydroxylation is 1. The standard InChI is InChI=1S/C20H17N3O2S/c21-15-6-3-13(18-2-1-9-26-18)11-17(15)23-20(25)14-4-7-16-12(10-14)5-8-19(24)22-16/h1-4,6-7,9-11H,5,8,21H2,(H,22,24)(H,23,25). The molecule has 2 amide bonds. The van der Waals surface area contributed by atoms with E-state index in [1.54, 1.807) is 29.5 Å². The first-order chi connectivity index (χ1) is 12.6. The predicted molar refractivity (Wildman–Crippen MR) is 106 cm³/mol. The molecule has 0 fully saturated rings. The zero-order chi connectivity index (χ0) is 18.1. The lowest BCUT2D eigenvalue weighted by Gasteiger charge is -2.17. The summed E-state index contributed by atoms with van der Waals surface area (Å²) in [5.74, 6) is -0.215. The minimum absolute atomic E-state index is 0.00728. The Kier molecular flexibility index (Phi) is 4.18. The number of hydrogen-bond donors (Lipinski definition) is 3. The number of rotatable bonds is 3. The molecule has 130 valence electrons. The molecule has 0 saturated heterocycles. The summed E-state index contributed by atoms with van der Waals surface area (Å²) >= 11 is 1.63. The third-order valence-corrected chi connectivity index (χ3v) is 5.29. The topological polar surface area (TPSA) is 84.2 Å². The first kappa shape index (κ1) is 16.4. The van der Waals surface area contributed by atoms with Crippen LogP contribution in [-0.4, -0.2) is 11.8 Å². The number of thiophene rings is 1. The van der Waals surface area contributed by atoms with Gasteiger partial charge in [-0.15, -0.1) is 11.3 Å². The molecule has 0 aliphatic carbocycles. The van der Waals surface area contributed by atoms with E-state index in [2.05, 4.69) is 10.6 Å². The lowest BCUT2D eigenvalue weighted by atomic mass is 10.00. The minimum Gasteiger partial charge on any atom is -0.397 e. The van der Waals surface area contributed by atoms with Crippen molar-refractivity contribution < 1.29 is 9.59 Å². The summed E-state index contributed by atoms with van der Waals surface area (Å²) < 4.78 is 0. The smallest absolute Gasteiger partial charge is 0.255 e. The van der Waals surface area contributed by atoms with Crippen molar-refractivity contribution in [3.63, 3.8) is 0 Å².